The molecular formula is C16H22N2S. The Morgan fingerprint density at radius 1 is 1.32 bits per heavy atom. The van der Waals surface area contributed by atoms with Crippen LogP contribution >= 0.6 is 11.9 Å². The zero-order chi connectivity index (χ0) is 13.7. The van der Waals surface area contributed by atoms with E-state index in [1.54, 1.807) is 11.9 Å². The van der Waals surface area contributed by atoms with Crippen molar-refractivity contribution in [2.45, 2.75) is 37.6 Å². The standard InChI is InChI=1S/C16H22N2S/c1-12(2)9-14(11-17-3)13-5-4-6-16(10-13)19-18-15-7-8-15/h4-6,9-11,15,17-18H,7-8H2,1-3H3/b14-11+. The predicted molar refractivity (Wildman–Crippen MR) is 84.9 cm³/mol. The van der Waals surface area contributed by atoms with Gasteiger partial charge in [-0.15, -0.1) is 0 Å². The summed E-state index contributed by atoms with van der Waals surface area (Å²) in [5.41, 5.74) is 3.77. The summed E-state index contributed by atoms with van der Waals surface area (Å²) in [7, 11) is 1.94. The van der Waals surface area contributed by atoms with Crippen molar-refractivity contribution >= 4 is 17.5 Å². The van der Waals surface area contributed by atoms with Crippen molar-refractivity contribution < 1.29 is 0 Å². The summed E-state index contributed by atoms with van der Waals surface area (Å²) in [6, 6.07) is 9.39. The number of benzene rings is 1. The van der Waals surface area contributed by atoms with Gasteiger partial charge in [0.25, 0.3) is 0 Å². The molecule has 0 bridgehead atoms. The van der Waals surface area contributed by atoms with Gasteiger partial charge in [0.15, 0.2) is 0 Å². The SMILES string of the molecule is CN/C=C(\C=C(C)C)c1cccc(SNC2CC2)c1. The minimum atomic E-state index is 0.721. The van der Waals surface area contributed by atoms with E-state index in [2.05, 4.69) is 54.2 Å². The molecule has 0 saturated heterocycles. The Bertz CT molecular complexity index is 483. The van der Waals surface area contributed by atoms with Gasteiger partial charge in [-0.25, -0.2) is 0 Å². The van der Waals surface area contributed by atoms with Gasteiger partial charge in [0.1, 0.15) is 0 Å². The first-order valence-electron chi connectivity index (χ1n) is 6.74. The fraction of sp³-hybridized carbons (Fsp3) is 0.375. The molecule has 0 amide bonds. The van der Waals surface area contributed by atoms with Gasteiger partial charge in [0, 0.05) is 24.2 Å². The Hall–Kier alpha value is -1.19. The summed E-state index contributed by atoms with van der Waals surface area (Å²) >= 11 is 1.74. The molecule has 0 atom stereocenters. The third-order valence-electron chi connectivity index (χ3n) is 2.83. The Kier molecular flexibility index (Phi) is 5.11. The van der Waals surface area contributed by atoms with Gasteiger partial charge in [-0.3, -0.25) is 4.72 Å². The van der Waals surface area contributed by atoms with Crippen molar-refractivity contribution in [3.05, 3.63) is 47.7 Å². The quantitative estimate of drug-likeness (QED) is 0.606. The normalized spacial score (nSPS) is 15.2. The van der Waals surface area contributed by atoms with Gasteiger partial charge in [-0.1, -0.05) is 23.8 Å². The fourth-order valence-electron chi connectivity index (χ4n) is 1.77. The summed E-state index contributed by atoms with van der Waals surface area (Å²) in [6.07, 6.45) is 6.88. The highest BCUT2D eigenvalue weighted by Gasteiger charge is 2.20. The molecule has 0 unspecified atom stereocenters. The minimum Gasteiger partial charge on any atom is -0.393 e. The molecule has 19 heavy (non-hydrogen) atoms. The van der Waals surface area contributed by atoms with Crippen molar-refractivity contribution in [3.63, 3.8) is 0 Å². The van der Waals surface area contributed by atoms with Crippen molar-refractivity contribution in [2.24, 2.45) is 0 Å². The summed E-state index contributed by atoms with van der Waals surface area (Å²) < 4.78 is 3.48. The lowest BCUT2D eigenvalue weighted by Gasteiger charge is -2.07. The second-order valence-electron chi connectivity index (χ2n) is 5.13. The van der Waals surface area contributed by atoms with Crippen LogP contribution in [0.3, 0.4) is 0 Å². The largest absolute Gasteiger partial charge is 0.393 e. The molecule has 0 heterocycles. The number of hydrogen-bond donors (Lipinski definition) is 2. The van der Waals surface area contributed by atoms with Gasteiger partial charge in [0.05, 0.1) is 0 Å². The minimum absolute atomic E-state index is 0.721. The van der Waals surface area contributed by atoms with Crippen LogP contribution < -0.4 is 10.0 Å². The molecule has 102 valence electrons. The Balaban J connectivity index is 2.14. The van der Waals surface area contributed by atoms with Gasteiger partial charge >= 0.3 is 0 Å². The van der Waals surface area contributed by atoms with Crippen molar-refractivity contribution in [1.82, 2.24) is 10.0 Å². The average molecular weight is 274 g/mol. The van der Waals surface area contributed by atoms with E-state index >= 15 is 0 Å². The van der Waals surface area contributed by atoms with Crippen LogP contribution in [0, 0.1) is 0 Å². The van der Waals surface area contributed by atoms with Crippen LogP contribution in [0.5, 0.6) is 0 Å². The molecular weight excluding hydrogens is 252 g/mol. The van der Waals surface area contributed by atoms with E-state index < -0.39 is 0 Å². The van der Waals surface area contributed by atoms with E-state index in [9.17, 15) is 0 Å². The fourth-order valence-corrected chi connectivity index (χ4v) is 2.64. The van der Waals surface area contributed by atoms with Crippen molar-refractivity contribution in [3.8, 4) is 0 Å². The smallest absolute Gasteiger partial charge is 0.0234 e. The molecule has 0 spiro atoms. The average Bonchev–Trinajstić information content (AvgIpc) is 3.20. The van der Waals surface area contributed by atoms with Crippen molar-refractivity contribution in [1.29, 1.82) is 0 Å². The molecule has 0 aliphatic heterocycles. The second-order valence-corrected chi connectivity index (χ2v) is 6.04. The molecule has 1 aromatic carbocycles. The molecule has 1 saturated carbocycles. The third-order valence-corrected chi connectivity index (χ3v) is 3.77. The monoisotopic (exact) mass is 274 g/mol. The Morgan fingerprint density at radius 3 is 2.74 bits per heavy atom. The summed E-state index contributed by atoms with van der Waals surface area (Å²) in [6.45, 7) is 4.24. The van der Waals surface area contributed by atoms with Crippen LogP contribution in [0.2, 0.25) is 0 Å². The lowest BCUT2D eigenvalue weighted by molar-refractivity contribution is 0.969. The summed E-state index contributed by atoms with van der Waals surface area (Å²) in [5.74, 6) is 0. The Labute approximate surface area is 120 Å². The van der Waals surface area contributed by atoms with Gasteiger partial charge < -0.3 is 5.32 Å². The second kappa shape index (κ2) is 6.83. The number of hydrogen-bond acceptors (Lipinski definition) is 3. The number of nitrogens with one attached hydrogen (secondary N) is 2. The summed E-state index contributed by atoms with van der Waals surface area (Å²) in [4.78, 5) is 1.27. The maximum absolute atomic E-state index is 3.48. The zero-order valence-electron chi connectivity index (χ0n) is 11.9. The van der Waals surface area contributed by atoms with E-state index in [0.29, 0.717) is 0 Å². The molecule has 0 aromatic heterocycles. The molecule has 1 aromatic rings. The number of rotatable bonds is 6. The first-order chi connectivity index (χ1) is 9.19. The Morgan fingerprint density at radius 2 is 2.11 bits per heavy atom. The van der Waals surface area contributed by atoms with E-state index in [0.717, 1.165) is 6.04 Å². The van der Waals surface area contributed by atoms with Gasteiger partial charge in [0.2, 0.25) is 0 Å². The van der Waals surface area contributed by atoms with Crippen LogP contribution in [-0.2, 0) is 0 Å². The topological polar surface area (TPSA) is 24.1 Å². The molecule has 1 aliphatic rings. The van der Waals surface area contributed by atoms with E-state index in [-0.39, 0.29) is 0 Å². The molecule has 2 rings (SSSR count). The molecule has 2 N–H and O–H groups in total. The van der Waals surface area contributed by atoms with Crippen LogP contribution in [0.25, 0.3) is 5.57 Å². The zero-order valence-corrected chi connectivity index (χ0v) is 12.7. The maximum atomic E-state index is 3.48. The lowest BCUT2D eigenvalue weighted by atomic mass is 10.0. The predicted octanol–water partition coefficient (Wildman–Crippen LogP) is 3.97. The highest BCUT2D eigenvalue weighted by atomic mass is 32.2. The highest BCUT2D eigenvalue weighted by molar-refractivity contribution is 7.97. The van der Waals surface area contributed by atoms with Gasteiger partial charge in [-0.05, 0) is 61.9 Å². The van der Waals surface area contributed by atoms with Crippen LogP contribution in [0.1, 0.15) is 32.3 Å². The van der Waals surface area contributed by atoms with E-state index in [1.807, 2.05) is 13.2 Å². The van der Waals surface area contributed by atoms with E-state index in [4.69, 9.17) is 0 Å². The van der Waals surface area contributed by atoms with Crippen LogP contribution in [-0.4, -0.2) is 13.1 Å². The van der Waals surface area contributed by atoms with Crippen LogP contribution in [0.15, 0.2) is 47.0 Å². The van der Waals surface area contributed by atoms with E-state index in [1.165, 1.54) is 34.4 Å². The molecule has 1 fully saturated rings. The molecule has 2 nitrogen and oxygen atoms in total. The first kappa shape index (κ1) is 14.2. The first-order valence-corrected chi connectivity index (χ1v) is 7.56. The highest BCUT2D eigenvalue weighted by Crippen LogP contribution is 2.27. The lowest BCUT2D eigenvalue weighted by Crippen LogP contribution is -2.04. The van der Waals surface area contributed by atoms with Crippen molar-refractivity contribution in [2.75, 3.05) is 7.05 Å². The maximum Gasteiger partial charge on any atom is 0.0234 e. The third kappa shape index (κ3) is 4.77. The number of allylic oxidation sites excluding steroid dienone is 3. The molecule has 1 aliphatic carbocycles. The van der Waals surface area contributed by atoms with Crippen LogP contribution in [0.4, 0.5) is 0 Å². The van der Waals surface area contributed by atoms with Gasteiger partial charge in [-0.2, -0.15) is 0 Å². The molecule has 0 radical (unpaired) electrons. The molecule has 3 heteroatoms. The summed E-state index contributed by atoms with van der Waals surface area (Å²) in [5, 5.41) is 3.12.